The van der Waals surface area contributed by atoms with Gasteiger partial charge in [-0.1, -0.05) is 59.6 Å². The molecule has 2 aromatic carbocycles. The summed E-state index contributed by atoms with van der Waals surface area (Å²) < 4.78 is 0. The molecule has 2 aromatic rings. The molecular weight excluding hydrogens is 397 g/mol. The van der Waals surface area contributed by atoms with E-state index < -0.39 is 0 Å². The Morgan fingerprint density at radius 2 is 1.17 bits per heavy atom. The molecule has 3 heteroatoms. The van der Waals surface area contributed by atoms with Crippen LogP contribution in [0.5, 0.6) is 0 Å². The second-order valence-corrected chi connectivity index (χ2v) is 10.1. The second kappa shape index (κ2) is 7.01. The molecule has 4 aliphatic carbocycles. The van der Waals surface area contributed by atoms with Gasteiger partial charge < -0.3 is 5.32 Å². The van der Waals surface area contributed by atoms with Crippen LogP contribution in [0, 0.1) is 11.8 Å². The number of rotatable bonds is 2. The van der Waals surface area contributed by atoms with Crippen molar-refractivity contribution in [3.63, 3.8) is 0 Å². The molecule has 2 unspecified atom stereocenters. The summed E-state index contributed by atoms with van der Waals surface area (Å²) in [5.74, 6) is 2.19. The van der Waals surface area contributed by atoms with E-state index in [1.165, 1.54) is 22.3 Å². The van der Waals surface area contributed by atoms with Gasteiger partial charge in [-0.05, 0) is 84.0 Å². The maximum absolute atomic E-state index is 6.30. The van der Waals surface area contributed by atoms with Crippen LogP contribution in [0.4, 0.5) is 0 Å². The van der Waals surface area contributed by atoms with E-state index in [0.717, 1.165) is 35.7 Å². The van der Waals surface area contributed by atoms with E-state index >= 15 is 0 Å². The van der Waals surface area contributed by atoms with Crippen LogP contribution in [0.1, 0.15) is 46.9 Å². The number of benzene rings is 2. The first kappa shape index (κ1) is 18.2. The van der Waals surface area contributed by atoms with Crippen molar-refractivity contribution in [2.24, 2.45) is 11.8 Å². The third-order valence-corrected chi connectivity index (χ3v) is 8.11. The average Bonchev–Trinajstić information content (AvgIpc) is 2.68. The zero-order valence-electron chi connectivity index (χ0n) is 16.3. The van der Waals surface area contributed by atoms with Crippen LogP contribution < -0.4 is 5.32 Å². The van der Waals surface area contributed by atoms with Crippen LogP contribution in [0.15, 0.2) is 60.7 Å². The maximum atomic E-state index is 6.30. The Morgan fingerprint density at radius 3 is 1.66 bits per heavy atom. The predicted molar refractivity (Wildman–Crippen MR) is 121 cm³/mol. The number of nitrogens with one attached hydrogen (secondary N) is 1. The first-order valence-corrected chi connectivity index (χ1v) is 11.6. The van der Waals surface area contributed by atoms with Crippen LogP contribution >= 0.6 is 23.2 Å². The van der Waals surface area contributed by atoms with Gasteiger partial charge in [-0.3, -0.25) is 0 Å². The summed E-state index contributed by atoms with van der Waals surface area (Å²) >= 11 is 12.6. The zero-order chi connectivity index (χ0) is 19.5. The number of hydrogen-bond donors (Lipinski definition) is 1. The van der Waals surface area contributed by atoms with Crippen molar-refractivity contribution in [3.05, 3.63) is 93.0 Å². The largest absolute Gasteiger partial charge is 0.309 e. The molecule has 0 fully saturated rings. The third-order valence-electron chi connectivity index (χ3n) is 7.64. The molecule has 0 amide bonds. The highest BCUT2D eigenvalue weighted by Crippen LogP contribution is 2.46. The van der Waals surface area contributed by atoms with Gasteiger partial charge >= 0.3 is 0 Å². The van der Waals surface area contributed by atoms with E-state index in [2.05, 4.69) is 66.0 Å². The number of hydrogen-bond acceptors (Lipinski definition) is 1. The van der Waals surface area contributed by atoms with Gasteiger partial charge in [0.05, 0.1) is 0 Å². The summed E-state index contributed by atoms with van der Waals surface area (Å²) in [6.45, 7) is 0. The van der Waals surface area contributed by atoms with E-state index in [1.54, 1.807) is 0 Å². The minimum Gasteiger partial charge on any atom is -0.309 e. The van der Waals surface area contributed by atoms with Crippen LogP contribution in [-0.2, 0) is 12.8 Å². The monoisotopic (exact) mass is 421 g/mol. The van der Waals surface area contributed by atoms with Gasteiger partial charge in [-0.15, -0.1) is 0 Å². The molecule has 6 rings (SSSR count). The van der Waals surface area contributed by atoms with Crippen molar-refractivity contribution in [2.75, 3.05) is 0 Å². The zero-order valence-corrected chi connectivity index (χ0v) is 17.8. The maximum Gasteiger partial charge on any atom is 0.0408 e. The van der Waals surface area contributed by atoms with Crippen molar-refractivity contribution < 1.29 is 0 Å². The average molecular weight is 422 g/mol. The molecule has 6 atom stereocenters. The molecule has 29 heavy (non-hydrogen) atoms. The van der Waals surface area contributed by atoms with Gasteiger partial charge in [0.2, 0.25) is 0 Å². The smallest absolute Gasteiger partial charge is 0.0408 e. The molecular formula is C26H25Cl2N. The quantitative estimate of drug-likeness (QED) is 0.549. The van der Waals surface area contributed by atoms with Gasteiger partial charge in [0, 0.05) is 34.0 Å². The highest BCUT2D eigenvalue weighted by molar-refractivity contribution is 6.31. The number of fused-ring (bicyclic) bond motifs is 8. The van der Waals surface area contributed by atoms with Gasteiger partial charge in [0.15, 0.2) is 0 Å². The molecule has 0 saturated heterocycles. The van der Waals surface area contributed by atoms with Crippen molar-refractivity contribution in [3.8, 4) is 0 Å². The molecule has 0 saturated carbocycles. The van der Waals surface area contributed by atoms with Crippen LogP contribution in [0.25, 0.3) is 0 Å². The molecule has 0 aliphatic heterocycles. The Kier molecular flexibility index (Phi) is 4.41. The third kappa shape index (κ3) is 3.02. The molecule has 1 nitrogen and oxygen atoms in total. The summed E-state index contributed by atoms with van der Waals surface area (Å²) in [6, 6.07) is 14.0. The lowest BCUT2D eigenvalue weighted by Gasteiger charge is -2.48. The number of halogens is 2. The standard InChI is InChI=1S/C26H25Cl2N/c27-19-7-9-21-17(13-19)11-15-3-1-5-23(21)25(15)29-26-16-4-2-6-24(26)22-10-8-20(28)14-18(22)12-16/h1-4,7-10,13-16,23-26,29H,5-6,11-12H2/t15-,16-,23+,24+,25?,26?/m0/s1. The molecule has 0 heterocycles. The first-order chi connectivity index (χ1) is 14.2. The Bertz CT molecular complexity index is 942. The van der Waals surface area contributed by atoms with Crippen molar-refractivity contribution in [1.82, 2.24) is 5.32 Å². The highest BCUT2D eigenvalue weighted by atomic mass is 35.5. The van der Waals surface area contributed by atoms with Crippen molar-refractivity contribution in [1.29, 1.82) is 0 Å². The van der Waals surface area contributed by atoms with Crippen LogP contribution in [0.3, 0.4) is 0 Å². The molecule has 1 N–H and O–H groups in total. The number of allylic oxidation sites excluding steroid dienone is 2. The fourth-order valence-electron chi connectivity index (χ4n) is 6.40. The van der Waals surface area contributed by atoms with Gasteiger partial charge in [0.1, 0.15) is 0 Å². The normalized spacial score (nSPS) is 33.9. The van der Waals surface area contributed by atoms with Crippen LogP contribution in [-0.4, -0.2) is 12.1 Å². The molecule has 4 aliphatic rings. The molecule has 148 valence electrons. The minimum atomic E-state index is 0.504. The summed E-state index contributed by atoms with van der Waals surface area (Å²) in [6.07, 6.45) is 14.1. The summed E-state index contributed by atoms with van der Waals surface area (Å²) in [4.78, 5) is 0. The SMILES string of the molecule is Clc1ccc2c(c1)C[C@@H]1C=CC[C@H]2C1NC1[C@@H]2CC=C[C@H]1Cc1cc(Cl)ccc12. The second-order valence-electron chi connectivity index (χ2n) is 9.18. The predicted octanol–water partition coefficient (Wildman–Crippen LogP) is 6.45. The molecule has 0 radical (unpaired) electrons. The first-order valence-electron chi connectivity index (χ1n) is 10.8. The van der Waals surface area contributed by atoms with E-state index in [0.29, 0.717) is 35.8 Å². The Balaban J connectivity index is 1.34. The Morgan fingerprint density at radius 1 is 0.690 bits per heavy atom. The highest BCUT2D eigenvalue weighted by Gasteiger charge is 2.43. The van der Waals surface area contributed by atoms with Gasteiger partial charge in [-0.25, -0.2) is 0 Å². The fourth-order valence-corrected chi connectivity index (χ4v) is 6.78. The fraction of sp³-hybridized carbons (Fsp3) is 0.385. The lowest BCUT2D eigenvalue weighted by atomic mass is 9.65. The van der Waals surface area contributed by atoms with Crippen LogP contribution in [0.2, 0.25) is 10.0 Å². The van der Waals surface area contributed by atoms with E-state index in [1.807, 2.05) is 0 Å². The summed E-state index contributed by atoms with van der Waals surface area (Å²) in [5.41, 5.74) is 5.88. The van der Waals surface area contributed by atoms with Gasteiger partial charge in [0.25, 0.3) is 0 Å². The molecule has 0 aromatic heterocycles. The molecule has 4 bridgehead atoms. The van der Waals surface area contributed by atoms with E-state index in [9.17, 15) is 0 Å². The summed E-state index contributed by atoms with van der Waals surface area (Å²) in [7, 11) is 0. The Hall–Kier alpha value is -1.54. The Labute approximate surface area is 182 Å². The van der Waals surface area contributed by atoms with Gasteiger partial charge in [-0.2, -0.15) is 0 Å². The van der Waals surface area contributed by atoms with E-state index in [-0.39, 0.29) is 0 Å². The van der Waals surface area contributed by atoms with Crippen molar-refractivity contribution >= 4 is 23.2 Å². The van der Waals surface area contributed by atoms with Crippen molar-refractivity contribution in [2.45, 2.75) is 49.6 Å². The molecule has 0 spiro atoms. The summed E-state index contributed by atoms with van der Waals surface area (Å²) in [5, 5.41) is 5.93. The lowest BCUT2D eigenvalue weighted by Crippen LogP contribution is -2.55. The van der Waals surface area contributed by atoms with E-state index in [4.69, 9.17) is 23.2 Å². The minimum absolute atomic E-state index is 0.504. The lowest BCUT2D eigenvalue weighted by molar-refractivity contribution is 0.222. The topological polar surface area (TPSA) is 12.0 Å².